The number of carbonyl (C=O) groups is 2. The Balaban J connectivity index is 1.50. The first kappa shape index (κ1) is 18.8. The molecule has 3 amide bonds. The minimum absolute atomic E-state index is 0.0285. The molecule has 1 fully saturated rings. The van der Waals surface area contributed by atoms with Gasteiger partial charge in [0.1, 0.15) is 10.7 Å². The minimum Gasteiger partial charge on any atom is -0.338 e. The maximum Gasteiger partial charge on any atom is 0.319 e. The lowest BCUT2D eigenvalue weighted by Gasteiger charge is -2.32. The Kier molecular flexibility index (Phi) is 6.26. The van der Waals surface area contributed by atoms with Gasteiger partial charge in [0.25, 0.3) is 5.91 Å². The fourth-order valence-corrected chi connectivity index (χ4v) is 4.49. The number of likely N-dealkylation sites (tertiary alicyclic amines) is 1. The lowest BCUT2D eigenvalue weighted by Crippen LogP contribution is -2.44. The van der Waals surface area contributed by atoms with Gasteiger partial charge in [0.2, 0.25) is 0 Å². The number of nitrogens with one attached hydrogen (secondary N) is 2. The van der Waals surface area contributed by atoms with Crippen LogP contribution in [-0.4, -0.2) is 36.5 Å². The predicted octanol–water partition coefficient (Wildman–Crippen LogP) is 4.32. The number of carbonyl (C=O) groups excluding carboxylic acids is 2. The fraction of sp³-hybridized carbons (Fsp3) is 0.333. The van der Waals surface area contributed by atoms with Crippen LogP contribution in [0.1, 0.15) is 22.5 Å². The zero-order valence-electron chi connectivity index (χ0n) is 14.0. The van der Waals surface area contributed by atoms with E-state index < -0.39 is 5.82 Å². The Morgan fingerprint density at radius 3 is 2.92 bits per heavy atom. The van der Waals surface area contributed by atoms with Crippen LogP contribution in [0.15, 0.2) is 40.2 Å². The van der Waals surface area contributed by atoms with Gasteiger partial charge < -0.3 is 15.5 Å². The fourth-order valence-electron chi connectivity index (χ4n) is 2.98. The molecule has 1 aromatic carbocycles. The number of urea groups is 1. The predicted molar refractivity (Wildman–Crippen MR) is 104 cm³/mol. The standard InChI is InChI=1S/C18H19BrFN3O2S/c19-15-6-8-26-16(15)17(24)23-7-2-3-12(11-23)10-21-18(25)22-14-5-1-4-13(20)9-14/h1,4-6,8-9,12H,2-3,7,10-11H2,(H2,21,22,25). The Hall–Kier alpha value is -1.93. The minimum atomic E-state index is -0.399. The van der Waals surface area contributed by atoms with Gasteiger partial charge in [-0.2, -0.15) is 0 Å². The molecular weight excluding hydrogens is 421 g/mol. The summed E-state index contributed by atoms with van der Waals surface area (Å²) in [7, 11) is 0. The van der Waals surface area contributed by atoms with Crippen LogP contribution in [-0.2, 0) is 0 Å². The number of benzene rings is 1. The second-order valence-electron chi connectivity index (χ2n) is 6.20. The van der Waals surface area contributed by atoms with E-state index in [9.17, 15) is 14.0 Å². The molecule has 1 saturated heterocycles. The van der Waals surface area contributed by atoms with Crippen LogP contribution in [0.5, 0.6) is 0 Å². The molecular formula is C18H19BrFN3O2S. The first-order chi connectivity index (χ1) is 12.5. The van der Waals surface area contributed by atoms with Crippen LogP contribution in [0.3, 0.4) is 0 Å². The van der Waals surface area contributed by atoms with Crippen molar-refractivity contribution in [3.8, 4) is 0 Å². The number of rotatable bonds is 4. The lowest BCUT2D eigenvalue weighted by molar-refractivity contribution is 0.0679. The van der Waals surface area contributed by atoms with Crippen LogP contribution >= 0.6 is 27.3 Å². The quantitative estimate of drug-likeness (QED) is 0.744. The summed E-state index contributed by atoms with van der Waals surface area (Å²) in [4.78, 5) is 27.1. The van der Waals surface area contributed by atoms with Crippen molar-refractivity contribution in [2.75, 3.05) is 25.0 Å². The second kappa shape index (κ2) is 8.64. The molecule has 0 spiro atoms. The van der Waals surface area contributed by atoms with E-state index in [2.05, 4.69) is 26.6 Å². The van der Waals surface area contributed by atoms with E-state index >= 15 is 0 Å². The summed E-state index contributed by atoms with van der Waals surface area (Å²) in [6.07, 6.45) is 1.86. The zero-order valence-corrected chi connectivity index (χ0v) is 16.4. The van der Waals surface area contributed by atoms with Crippen molar-refractivity contribution < 1.29 is 14.0 Å². The largest absolute Gasteiger partial charge is 0.338 e. The smallest absolute Gasteiger partial charge is 0.319 e. The molecule has 3 rings (SSSR count). The molecule has 1 aromatic heterocycles. The van der Waals surface area contributed by atoms with E-state index in [0.717, 1.165) is 23.9 Å². The summed E-state index contributed by atoms with van der Waals surface area (Å²) in [5.74, 6) is -0.172. The molecule has 0 saturated carbocycles. The van der Waals surface area contributed by atoms with E-state index in [1.807, 2.05) is 16.3 Å². The molecule has 1 aliphatic rings. The molecule has 8 heteroatoms. The van der Waals surface area contributed by atoms with Crippen molar-refractivity contribution in [2.45, 2.75) is 12.8 Å². The van der Waals surface area contributed by atoms with Gasteiger partial charge in [-0.1, -0.05) is 6.07 Å². The number of hydrogen-bond donors (Lipinski definition) is 2. The molecule has 0 radical (unpaired) electrons. The highest BCUT2D eigenvalue weighted by atomic mass is 79.9. The summed E-state index contributed by atoms with van der Waals surface area (Å²) >= 11 is 4.83. The Morgan fingerprint density at radius 2 is 2.19 bits per heavy atom. The van der Waals surface area contributed by atoms with Gasteiger partial charge in [0.15, 0.2) is 0 Å². The topological polar surface area (TPSA) is 61.4 Å². The van der Waals surface area contributed by atoms with Crippen LogP contribution in [0.4, 0.5) is 14.9 Å². The zero-order chi connectivity index (χ0) is 18.5. The molecule has 1 atom stereocenters. The molecule has 0 bridgehead atoms. The molecule has 26 heavy (non-hydrogen) atoms. The number of halogens is 2. The first-order valence-electron chi connectivity index (χ1n) is 8.35. The number of nitrogens with zero attached hydrogens (tertiary/aromatic N) is 1. The first-order valence-corrected chi connectivity index (χ1v) is 10.0. The molecule has 1 unspecified atom stereocenters. The van der Waals surface area contributed by atoms with Gasteiger partial charge >= 0.3 is 6.03 Å². The third-order valence-corrected chi connectivity index (χ3v) is 6.08. The highest BCUT2D eigenvalue weighted by Gasteiger charge is 2.26. The van der Waals surface area contributed by atoms with Gasteiger partial charge in [0.05, 0.1) is 0 Å². The highest BCUT2D eigenvalue weighted by Crippen LogP contribution is 2.26. The summed E-state index contributed by atoms with van der Waals surface area (Å²) in [6, 6.07) is 7.25. The van der Waals surface area contributed by atoms with Gasteiger partial charge in [-0.3, -0.25) is 4.79 Å². The van der Waals surface area contributed by atoms with E-state index in [0.29, 0.717) is 23.7 Å². The number of hydrogen-bond acceptors (Lipinski definition) is 3. The SMILES string of the molecule is O=C(NCC1CCCN(C(=O)c2sccc2Br)C1)Nc1cccc(F)c1. The Labute approximate surface area is 163 Å². The van der Waals surface area contributed by atoms with Crippen LogP contribution < -0.4 is 10.6 Å². The number of thiophene rings is 1. The van der Waals surface area contributed by atoms with Crippen LogP contribution in [0, 0.1) is 11.7 Å². The summed E-state index contributed by atoms with van der Waals surface area (Å²) in [6.45, 7) is 1.81. The average molecular weight is 440 g/mol. The van der Waals surface area contributed by atoms with Crippen molar-refractivity contribution in [3.05, 3.63) is 50.9 Å². The van der Waals surface area contributed by atoms with Crippen molar-refractivity contribution in [1.82, 2.24) is 10.2 Å². The van der Waals surface area contributed by atoms with Gasteiger partial charge in [-0.25, -0.2) is 9.18 Å². The molecule has 1 aliphatic heterocycles. The summed E-state index contributed by atoms with van der Waals surface area (Å²) in [5.41, 5.74) is 0.408. The molecule has 0 aliphatic carbocycles. The lowest BCUT2D eigenvalue weighted by atomic mass is 9.98. The number of piperidine rings is 1. The second-order valence-corrected chi connectivity index (χ2v) is 7.97. The Morgan fingerprint density at radius 1 is 1.35 bits per heavy atom. The van der Waals surface area contributed by atoms with E-state index in [1.165, 1.54) is 29.5 Å². The molecule has 138 valence electrons. The highest BCUT2D eigenvalue weighted by molar-refractivity contribution is 9.10. The maximum atomic E-state index is 13.1. The monoisotopic (exact) mass is 439 g/mol. The number of amides is 3. The molecule has 2 N–H and O–H groups in total. The molecule has 2 heterocycles. The maximum absolute atomic E-state index is 13.1. The summed E-state index contributed by atoms with van der Waals surface area (Å²) in [5, 5.41) is 7.31. The van der Waals surface area contributed by atoms with E-state index in [1.54, 1.807) is 6.07 Å². The average Bonchev–Trinajstić information content (AvgIpc) is 3.05. The van der Waals surface area contributed by atoms with E-state index in [-0.39, 0.29) is 17.9 Å². The van der Waals surface area contributed by atoms with Crippen LogP contribution in [0.25, 0.3) is 0 Å². The molecule has 2 aromatic rings. The summed E-state index contributed by atoms with van der Waals surface area (Å²) < 4.78 is 14.0. The third kappa shape index (κ3) is 4.82. The van der Waals surface area contributed by atoms with Crippen molar-refractivity contribution in [1.29, 1.82) is 0 Å². The van der Waals surface area contributed by atoms with Gasteiger partial charge in [-0.05, 0) is 64.3 Å². The van der Waals surface area contributed by atoms with Gasteiger partial charge in [-0.15, -0.1) is 11.3 Å². The van der Waals surface area contributed by atoms with Gasteiger partial charge in [0, 0.05) is 29.8 Å². The Bertz CT molecular complexity index is 798. The third-order valence-electron chi connectivity index (χ3n) is 4.25. The molecule has 5 nitrogen and oxygen atoms in total. The number of anilines is 1. The van der Waals surface area contributed by atoms with Crippen LogP contribution in [0.2, 0.25) is 0 Å². The normalized spacial score (nSPS) is 17.0. The van der Waals surface area contributed by atoms with Crippen molar-refractivity contribution in [3.63, 3.8) is 0 Å². The van der Waals surface area contributed by atoms with Crippen molar-refractivity contribution in [2.24, 2.45) is 5.92 Å². The van der Waals surface area contributed by atoms with E-state index in [4.69, 9.17) is 0 Å². The van der Waals surface area contributed by atoms with Crippen molar-refractivity contribution >= 4 is 44.9 Å².